The van der Waals surface area contributed by atoms with E-state index >= 15 is 0 Å². The summed E-state index contributed by atoms with van der Waals surface area (Å²) in [6.07, 6.45) is 0.367. The van der Waals surface area contributed by atoms with Crippen molar-refractivity contribution in [3.63, 3.8) is 0 Å². The van der Waals surface area contributed by atoms with Crippen LogP contribution in [0.2, 0.25) is 5.02 Å². The zero-order chi connectivity index (χ0) is 17.9. The van der Waals surface area contributed by atoms with Crippen molar-refractivity contribution in [3.8, 4) is 0 Å². The second kappa shape index (κ2) is 11.3. The number of likely N-dealkylation sites (N-methyl/N-ethyl adjacent to an activating group) is 1. The van der Waals surface area contributed by atoms with E-state index in [1.807, 2.05) is 24.3 Å². The van der Waals surface area contributed by atoms with Crippen LogP contribution in [0.5, 0.6) is 0 Å². The molecule has 0 aliphatic carbocycles. The molecule has 0 heterocycles. The first kappa shape index (κ1) is 20.8. The van der Waals surface area contributed by atoms with Gasteiger partial charge in [-0.2, -0.15) is 11.8 Å². The Bertz CT molecular complexity index is 538. The van der Waals surface area contributed by atoms with E-state index in [-0.39, 0.29) is 23.6 Å². The van der Waals surface area contributed by atoms with E-state index in [0.29, 0.717) is 23.7 Å². The van der Waals surface area contributed by atoms with Gasteiger partial charge in [0.25, 0.3) is 0 Å². The molecule has 5 nitrogen and oxygen atoms in total. The monoisotopic (exact) mass is 371 g/mol. The molecule has 1 unspecified atom stereocenters. The number of hydrogen-bond donors (Lipinski definition) is 2. The van der Waals surface area contributed by atoms with E-state index in [0.717, 1.165) is 18.7 Å². The molecule has 0 spiro atoms. The van der Waals surface area contributed by atoms with Crippen LogP contribution in [0.3, 0.4) is 0 Å². The average molecular weight is 372 g/mol. The number of carbonyl (C=O) groups is 2. The van der Waals surface area contributed by atoms with Crippen molar-refractivity contribution in [3.05, 3.63) is 34.9 Å². The smallest absolute Gasteiger partial charge is 0.227 e. The Balaban J connectivity index is 2.61. The minimum absolute atomic E-state index is 0.0313. The number of carbonyl (C=O) groups excluding carboxylic acids is 2. The van der Waals surface area contributed by atoms with E-state index in [2.05, 4.69) is 24.1 Å². The van der Waals surface area contributed by atoms with E-state index in [1.54, 1.807) is 0 Å². The first-order valence-electron chi connectivity index (χ1n) is 8.10. The number of halogens is 1. The van der Waals surface area contributed by atoms with E-state index in [4.69, 9.17) is 17.3 Å². The normalized spacial score (nSPS) is 12.2. The van der Waals surface area contributed by atoms with Gasteiger partial charge >= 0.3 is 0 Å². The maximum Gasteiger partial charge on any atom is 0.227 e. The predicted octanol–water partition coefficient (Wildman–Crippen LogP) is 2.45. The number of primary amides is 1. The van der Waals surface area contributed by atoms with Gasteiger partial charge in [0.2, 0.25) is 11.8 Å². The highest BCUT2D eigenvalue weighted by Gasteiger charge is 2.20. The molecular formula is C17H26ClN3O2S. The Labute approximate surface area is 153 Å². The molecule has 1 rings (SSSR count). The third-order valence-corrected chi connectivity index (χ3v) is 5.05. The highest BCUT2D eigenvalue weighted by molar-refractivity contribution is 7.99. The van der Waals surface area contributed by atoms with Crippen molar-refractivity contribution in [1.29, 1.82) is 0 Å². The molecule has 0 saturated carbocycles. The lowest BCUT2D eigenvalue weighted by Crippen LogP contribution is -2.38. The first-order valence-corrected chi connectivity index (χ1v) is 9.64. The Morgan fingerprint density at radius 3 is 2.54 bits per heavy atom. The molecule has 2 amide bonds. The van der Waals surface area contributed by atoms with Gasteiger partial charge in [-0.3, -0.25) is 14.5 Å². The Morgan fingerprint density at radius 1 is 1.29 bits per heavy atom. The number of thioether (sulfide) groups is 1. The second-order valence-corrected chi connectivity index (χ2v) is 6.84. The van der Waals surface area contributed by atoms with Gasteiger partial charge < -0.3 is 11.1 Å². The Kier molecular flexibility index (Phi) is 9.83. The molecule has 0 aliphatic heterocycles. The molecule has 0 aromatic heterocycles. The highest BCUT2D eigenvalue weighted by Crippen LogP contribution is 2.26. The summed E-state index contributed by atoms with van der Waals surface area (Å²) in [5, 5.41) is 3.69. The number of benzene rings is 1. The van der Waals surface area contributed by atoms with Crippen LogP contribution < -0.4 is 11.1 Å². The van der Waals surface area contributed by atoms with Crippen LogP contribution in [-0.4, -0.2) is 47.9 Å². The van der Waals surface area contributed by atoms with Crippen LogP contribution in [0, 0.1) is 0 Å². The number of hydrogen-bond acceptors (Lipinski definition) is 4. The van der Waals surface area contributed by atoms with Gasteiger partial charge in [0, 0.05) is 23.7 Å². The van der Waals surface area contributed by atoms with Crippen molar-refractivity contribution in [2.75, 3.05) is 31.1 Å². The van der Waals surface area contributed by atoms with Gasteiger partial charge in [-0.05, 0) is 24.7 Å². The lowest BCUT2D eigenvalue weighted by molar-refractivity contribution is -0.121. The van der Waals surface area contributed by atoms with Gasteiger partial charge in [0.1, 0.15) is 0 Å². The third-order valence-electron chi connectivity index (χ3n) is 3.73. The summed E-state index contributed by atoms with van der Waals surface area (Å²) in [6.45, 7) is 6.43. The lowest BCUT2D eigenvalue weighted by Gasteiger charge is -2.31. The number of rotatable bonds is 11. The Hall–Kier alpha value is -1.24. The number of nitrogens with one attached hydrogen (secondary N) is 1. The molecule has 0 bridgehead atoms. The third kappa shape index (κ3) is 7.11. The minimum Gasteiger partial charge on any atom is -0.369 e. The van der Waals surface area contributed by atoms with Crippen LogP contribution in [0.4, 0.5) is 0 Å². The molecule has 3 N–H and O–H groups in total. The molecule has 0 aliphatic rings. The van der Waals surface area contributed by atoms with Crippen LogP contribution in [0.1, 0.15) is 31.9 Å². The molecule has 0 radical (unpaired) electrons. The molecule has 0 saturated heterocycles. The Morgan fingerprint density at radius 2 is 1.96 bits per heavy atom. The van der Waals surface area contributed by atoms with E-state index in [9.17, 15) is 9.59 Å². The summed E-state index contributed by atoms with van der Waals surface area (Å²) in [4.78, 5) is 25.0. The molecule has 1 atom stereocenters. The first-order chi connectivity index (χ1) is 11.5. The second-order valence-electron chi connectivity index (χ2n) is 5.33. The van der Waals surface area contributed by atoms with Crippen molar-refractivity contribution in [2.24, 2.45) is 5.73 Å². The van der Waals surface area contributed by atoms with Crippen LogP contribution in [0.15, 0.2) is 24.3 Å². The van der Waals surface area contributed by atoms with Crippen molar-refractivity contribution >= 4 is 35.2 Å². The molecule has 0 fully saturated rings. The maximum atomic E-state index is 12.0. The predicted molar refractivity (Wildman–Crippen MR) is 101 cm³/mol. The summed E-state index contributed by atoms with van der Waals surface area (Å²) in [6, 6.07) is 7.77. The number of nitrogens with zero attached hydrogens (tertiary/aromatic N) is 1. The summed E-state index contributed by atoms with van der Waals surface area (Å²) in [7, 11) is 0. The van der Waals surface area contributed by atoms with Crippen molar-refractivity contribution in [1.82, 2.24) is 10.2 Å². The largest absolute Gasteiger partial charge is 0.369 e. The minimum atomic E-state index is -0.360. The van der Waals surface area contributed by atoms with Gasteiger partial charge in [-0.1, -0.05) is 43.6 Å². The summed E-state index contributed by atoms with van der Waals surface area (Å²) < 4.78 is 0. The van der Waals surface area contributed by atoms with Crippen molar-refractivity contribution < 1.29 is 9.59 Å². The maximum absolute atomic E-state index is 12.0. The SMILES string of the molecule is CCN(CC)C(CNC(=O)CCSCC(N)=O)c1ccccc1Cl. The molecule has 134 valence electrons. The van der Waals surface area contributed by atoms with Crippen LogP contribution in [-0.2, 0) is 9.59 Å². The van der Waals surface area contributed by atoms with Gasteiger partial charge in [0.15, 0.2) is 0 Å². The van der Waals surface area contributed by atoms with Crippen molar-refractivity contribution in [2.45, 2.75) is 26.3 Å². The summed E-state index contributed by atoms with van der Waals surface area (Å²) >= 11 is 7.71. The fourth-order valence-corrected chi connectivity index (χ4v) is 3.42. The average Bonchev–Trinajstić information content (AvgIpc) is 2.56. The van der Waals surface area contributed by atoms with Crippen LogP contribution in [0.25, 0.3) is 0 Å². The number of nitrogens with two attached hydrogens (primary N) is 1. The molecule has 7 heteroatoms. The number of amides is 2. The van der Waals surface area contributed by atoms with Gasteiger partial charge in [-0.15, -0.1) is 0 Å². The molecule has 1 aromatic carbocycles. The van der Waals surface area contributed by atoms with E-state index in [1.165, 1.54) is 11.8 Å². The standard InChI is InChI=1S/C17H26ClN3O2S/c1-3-21(4-2)15(13-7-5-6-8-14(13)18)11-20-17(23)9-10-24-12-16(19)22/h5-8,15H,3-4,9-12H2,1-2H3,(H2,19,22)(H,20,23). The highest BCUT2D eigenvalue weighted by atomic mass is 35.5. The topological polar surface area (TPSA) is 75.4 Å². The summed E-state index contributed by atoms with van der Waals surface area (Å²) in [5.41, 5.74) is 6.09. The molecule has 24 heavy (non-hydrogen) atoms. The summed E-state index contributed by atoms with van der Waals surface area (Å²) in [5.74, 6) is 0.433. The van der Waals surface area contributed by atoms with Crippen LogP contribution >= 0.6 is 23.4 Å². The fourth-order valence-electron chi connectivity index (χ4n) is 2.48. The lowest BCUT2D eigenvalue weighted by atomic mass is 10.0. The zero-order valence-corrected chi connectivity index (χ0v) is 15.8. The molecular weight excluding hydrogens is 346 g/mol. The fraction of sp³-hybridized carbons (Fsp3) is 0.529. The molecule has 1 aromatic rings. The van der Waals surface area contributed by atoms with E-state index < -0.39 is 0 Å². The quantitative estimate of drug-likeness (QED) is 0.586. The zero-order valence-electron chi connectivity index (χ0n) is 14.3. The van der Waals surface area contributed by atoms with Gasteiger partial charge in [-0.25, -0.2) is 0 Å². The van der Waals surface area contributed by atoms with Gasteiger partial charge in [0.05, 0.1) is 11.8 Å².